The molecule has 1 aliphatic heterocycles. The molecule has 7 heteroatoms. The number of hydrogen-bond donors (Lipinski definition) is 2. The highest BCUT2D eigenvalue weighted by molar-refractivity contribution is 5.85. The van der Waals surface area contributed by atoms with Gasteiger partial charge in [-0.05, 0) is 12.1 Å². The van der Waals surface area contributed by atoms with Crippen LogP contribution in [0.1, 0.15) is 0 Å². The van der Waals surface area contributed by atoms with E-state index in [1.54, 1.807) is 7.05 Å². The first kappa shape index (κ1) is 18.3. The number of nitrogens with zero attached hydrogens (tertiary/aromatic N) is 2. The van der Waals surface area contributed by atoms with Crippen molar-refractivity contribution in [3.63, 3.8) is 0 Å². The zero-order valence-electron chi connectivity index (χ0n) is 12.7. The summed E-state index contributed by atoms with van der Waals surface area (Å²) < 4.78 is 0. The fourth-order valence-electron chi connectivity index (χ4n) is 2.28. The Morgan fingerprint density at radius 2 is 1.73 bits per heavy atom. The van der Waals surface area contributed by atoms with Gasteiger partial charge in [0.15, 0.2) is 0 Å². The molecule has 2 rings (SSSR count). The molecule has 6 nitrogen and oxygen atoms in total. The molecule has 1 fully saturated rings. The first-order chi connectivity index (χ1) is 10.2. The van der Waals surface area contributed by atoms with Crippen molar-refractivity contribution in [1.29, 1.82) is 0 Å². The van der Waals surface area contributed by atoms with E-state index in [1.807, 2.05) is 35.2 Å². The van der Waals surface area contributed by atoms with Gasteiger partial charge in [0.25, 0.3) is 0 Å². The maximum Gasteiger partial charge on any atom is 0.241 e. The van der Waals surface area contributed by atoms with Gasteiger partial charge in [-0.1, -0.05) is 18.2 Å². The average Bonchev–Trinajstić information content (AvgIpc) is 2.54. The van der Waals surface area contributed by atoms with E-state index in [0.29, 0.717) is 26.2 Å². The smallest absolute Gasteiger partial charge is 0.241 e. The highest BCUT2D eigenvalue weighted by atomic mass is 35.5. The van der Waals surface area contributed by atoms with Gasteiger partial charge in [0.2, 0.25) is 11.8 Å². The lowest BCUT2D eigenvalue weighted by molar-refractivity contribution is -0.131. The van der Waals surface area contributed by atoms with Gasteiger partial charge in [-0.15, -0.1) is 12.4 Å². The predicted octanol–water partition coefficient (Wildman–Crippen LogP) is 0.411. The van der Waals surface area contributed by atoms with Gasteiger partial charge in [-0.2, -0.15) is 0 Å². The number of rotatable bonds is 5. The standard InChI is InChI=1S/C15H22N4O2.ClH/c1-16-14(20)12-18-7-9-19(10-8-18)15(21)11-17-13-5-3-2-4-6-13;/h2-6,17H,7-12H2,1H3,(H,16,20);1H. The van der Waals surface area contributed by atoms with Crippen LogP contribution in [0, 0.1) is 0 Å². The number of halogens is 1. The molecule has 0 radical (unpaired) electrons. The third-order valence-electron chi connectivity index (χ3n) is 3.59. The van der Waals surface area contributed by atoms with E-state index in [0.717, 1.165) is 18.8 Å². The lowest BCUT2D eigenvalue weighted by Crippen LogP contribution is -2.51. The van der Waals surface area contributed by atoms with E-state index in [1.165, 1.54) is 0 Å². The Balaban J connectivity index is 0.00000242. The molecule has 22 heavy (non-hydrogen) atoms. The fraction of sp³-hybridized carbons (Fsp3) is 0.467. The SMILES string of the molecule is CNC(=O)CN1CCN(C(=O)CNc2ccccc2)CC1.Cl. The molecule has 0 spiro atoms. The molecule has 1 aromatic carbocycles. The van der Waals surface area contributed by atoms with E-state index in [-0.39, 0.29) is 24.2 Å². The second-order valence-electron chi connectivity index (χ2n) is 5.05. The minimum atomic E-state index is 0. The number of piperazine rings is 1. The molecular weight excluding hydrogens is 304 g/mol. The van der Waals surface area contributed by atoms with Crippen molar-refractivity contribution < 1.29 is 9.59 Å². The van der Waals surface area contributed by atoms with Crippen molar-refractivity contribution in [3.05, 3.63) is 30.3 Å². The molecule has 122 valence electrons. The van der Waals surface area contributed by atoms with E-state index in [9.17, 15) is 9.59 Å². The quantitative estimate of drug-likeness (QED) is 0.822. The van der Waals surface area contributed by atoms with E-state index in [4.69, 9.17) is 0 Å². The van der Waals surface area contributed by atoms with Gasteiger partial charge >= 0.3 is 0 Å². The van der Waals surface area contributed by atoms with E-state index >= 15 is 0 Å². The van der Waals surface area contributed by atoms with Gasteiger partial charge in [0, 0.05) is 38.9 Å². The summed E-state index contributed by atoms with van der Waals surface area (Å²) >= 11 is 0. The number of likely N-dealkylation sites (N-methyl/N-ethyl adjacent to an activating group) is 1. The summed E-state index contributed by atoms with van der Waals surface area (Å²) in [6, 6.07) is 9.69. The minimum Gasteiger partial charge on any atom is -0.376 e. The highest BCUT2D eigenvalue weighted by Gasteiger charge is 2.21. The summed E-state index contributed by atoms with van der Waals surface area (Å²) in [6.45, 7) is 3.54. The average molecular weight is 327 g/mol. The molecule has 1 saturated heterocycles. The van der Waals surface area contributed by atoms with Crippen LogP contribution < -0.4 is 10.6 Å². The summed E-state index contributed by atoms with van der Waals surface area (Å²) in [4.78, 5) is 27.3. The van der Waals surface area contributed by atoms with Crippen LogP contribution in [0.5, 0.6) is 0 Å². The van der Waals surface area contributed by atoms with E-state index < -0.39 is 0 Å². The van der Waals surface area contributed by atoms with Crippen LogP contribution in [-0.2, 0) is 9.59 Å². The first-order valence-electron chi connectivity index (χ1n) is 7.18. The molecule has 0 aliphatic carbocycles. The number of hydrogen-bond acceptors (Lipinski definition) is 4. The number of anilines is 1. The molecule has 1 aliphatic rings. The van der Waals surface area contributed by atoms with E-state index in [2.05, 4.69) is 15.5 Å². The minimum absolute atomic E-state index is 0. The van der Waals surface area contributed by atoms with Crippen molar-refractivity contribution in [2.24, 2.45) is 0 Å². The third kappa shape index (κ3) is 5.54. The molecule has 1 heterocycles. The van der Waals surface area contributed by atoms with Crippen LogP contribution in [0.4, 0.5) is 5.69 Å². The van der Waals surface area contributed by atoms with Gasteiger partial charge < -0.3 is 15.5 Å². The zero-order valence-corrected chi connectivity index (χ0v) is 13.6. The van der Waals surface area contributed by atoms with Crippen LogP contribution in [0.3, 0.4) is 0 Å². The molecule has 0 aromatic heterocycles. The lowest BCUT2D eigenvalue weighted by Gasteiger charge is -2.34. The Kier molecular flexibility index (Phi) is 7.70. The molecular formula is C15H23ClN4O2. The number of benzene rings is 1. The molecule has 0 unspecified atom stereocenters. The highest BCUT2D eigenvalue weighted by Crippen LogP contribution is 2.06. The lowest BCUT2D eigenvalue weighted by atomic mass is 10.3. The van der Waals surface area contributed by atoms with Crippen molar-refractivity contribution in [2.75, 3.05) is 51.6 Å². The second kappa shape index (κ2) is 9.27. The maximum absolute atomic E-state index is 12.1. The molecule has 0 atom stereocenters. The predicted molar refractivity (Wildman–Crippen MR) is 89.3 cm³/mol. The van der Waals surface area contributed by atoms with Crippen LogP contribution in [0.15, 0.2) is 30.3 Å². The topological polar surface area (TPSA) is 64.7 Å². The van der Waals surface area contributed by atoms with Crippen molar-refractivity contribution in [1.82, 2.24) is 15.1 Å². The number of carbonyl (C=O) groups excluding carboxylic acids is 2. The second-order valence-corrected chi connectivity index (χ2v) is 5.05. The summed E-state index contributed by atoms with van der Waals surface area (Å²) in [6.07, 6.45) is 0. The third-order valence-corrected chi connectivity index (χ3v) is 3.59. The zero-order chi connectivity index (χ0) is 15.1. The number of amides is 2. The number of para-hydroxylation sites is 1. The van der Waals surface area contributed by atoms with Crippen molar-refractivity contribution >= 4 is 29.9 Å². The summed E-state index contributed by atoms with van der Waals surface area (Å²) in [5.41, 5.74) is 0.948. The first-order valence-corrected chi connectivity index (χ1v) is 7.18. The molecule has 1 aromatic rings. The molecule has 0 bridgehead atoms. The van der Waals surface area contributed by atoms with Crippen LogP contribution in [0.2, 0.25) is 0 Å². The largest absolute Gasteiger partial charge is 0.376 e. The van der Waals surface area contributed by atoms with Crippen LogP contribution >= 0.6 is 12.4 Å². The Hall–Kier alpha value is -1.79. The maximum atomic E-state index is 12.1. The Morgan fingerprint density at radius 3 is 2.32 bits per heavy atom. The van der Waals surface area contributed by atoms with Crippen LogP contribution in [0.25, 0.3) is 0 Å². The van der Waals surface area contributed by atoms with Gasteiger partial charge in [0.05, 0.1) is 13.1 Å². The number of carbonyl (C=O) groups is 2. The normalized spacial score (nSPS) is 14.9. The Bertz CT molecular complexity index is 476. The Morgan fingerprint density at radius 1 is 1.09 bits per heavy atom. The molecule has 2 amide bonds. The van der Waals surface area contributed by atoms with Crippen LogP contribution in [-0.4, -0.2) is 67.9 Å². The summed E-state index contributed by atoms with van der Waals surface area (Å²) in [7, 11) is 1.64. The Labute approximate surface area is 137 Å². The van der Waals surface area contributed by atoms with Crippen molar-refractivity contribution in [3.8, 4) is 0 Å². The number of nitrogens with one attached hydrogen (secondary N) is 2. The van der Waals surface area contributed by atoms with Gasteiger partial charge in [-0.3, -0.25) is 14.5 Å². The summed E-state index contributed by atoms with van der Waals surface area (Å²) in [5.74, 6) is 0.110. The fourth-order valence-corrected chi connectivity index (χ4v) is 2.28. The van der Waals surface area contributed by atoms with Gasteiger partial charge in [0.1, 0.15) is 0 Å². The monoisotopic (exact) mass is 326 g/mol. The molecule has 2 N–H and O–H groups in total. The van der Waals surface area contributed by atoms with Gasteiger partial charge in [-0.25, -0.2) is 0 Å². The van der Waals surface area contributed by atoms with Crippen molar-refractivity contribution in [2.45, 2.75) is 0 Å². The summed E-state index contributed by atoms with van der Waals surface area (Å²) in [5, 5.41) is 5.74. The molecule has 0 saturated carbocycles.